The topological polar surface area (TPSA) is 102 Å². The highest BCUT2D eigenvalue weighted by molar-refractivity contribution is 7.99. The van der Waals surface area contributed by atoms with Gasteiger partial charge in [0.25, 0.3) is 0 Å². The molecule has 0 fully saturated rings. The summed E-state index contributed by atoms with van der Waals surface area (Å²) < 4.78 is 5.02. The molecule has 0 spiro atoms. The zero-order chi connectivity index (χ0) is 15.0. The van der Waals surface area contributed by atoms with E-state index in [-0.39, 0.29) is 11.7 Å². The van der Waals surface area contributed by atoms with E-state index in [4.69, 9.17) is 15.6 Å². The van der Waals surface area contributed by atoms with Gasteiger partial charge >= 0.3 is 5.97 Å². The third-order valence-electron chi connectivity index (χ3n) is 2.50. The van der Waals surface area contributed by atoms with Crippen molar-refractivity contribution in [3.63, 3.8) is 0 Å². The number of carbonyl (C=O) groups is 2. The molecule has 0 bridgehead atoms. The number of anilines is 1. The van der Waals surface area contributed by atoms with Crippen molar-refractivity contribution in [2.45, 2.75) is 12.5 Å². The van der Waals surface area contributed by atoms with Gasteiger partial charge in [-0.25, -0.2) is 0 Å². The van der Waals surface area contributed by atoms with E-state index in [0.717, 1.165) is 5.75 Å². The van der Waals surface area contributed by atoms with Crippen LogP contribution < -0.4 is 15.8 Å². The lowest BCUT2D eigenvalue weighted by Crippen LogP contribution is -2.30. The smallest absolute Gasteiger partial charge is 0.320 e. The molecule has 0 saturated heterocycles. The van der Waals surface area contributed by atoms with Gasteiger partial charge in [0.05, 0.1) is 12.9 Å². The van der Waals surface area contributed by atoms with Gasteiger partial charge in [0.2, 0.25) is 5.91 Å². The Kier molecular flexibility index (Phi) is 6.89. The number of rotatable bonds is 8. The Morgan fingerprint density at radius 3 is 2.60 bits per heavy atom. The first kappa shape index (κ1) is 16.3. The standard InChI is InChI=1S/C13H18N2O4S/c1-19-10-4-2-9(3-5-10)15-12(16)8-20-7-6-11(14)13(17)18/h2-5,11H,6-8,14H2,1H3,(H,15,16)(H,17,18). The molecule has 7 heteroatoms. The molecule has 1 amide bonds. The number of ether oxygens (including phenoxy) is 1. The van der Waals surface area contributed by atoms with Crippen LogP contribution in [0.15, 0.2) is 24.3 Å². The largest absolute Gasteiger partial charge is 0.497 e. The Balaban J connectivity index is 2.24. The molecule has 0 saturated carbocycles. The molecule has 0 aromatic heterocycles. The molecular weight excluding hydrogens is 280 g/mol. The lowest BCUT2D eigenvalue weighted by Gasteiger charge is -2.07. The van der Waals surface area contributed by atoms with Crippen LogP contribution in [0.3, 0.4) is 0 Å². The zero-order valence-corrected chi connectivity index (χ0v) is 12.0. The average molecular weight is 298 g/mol. The first-order chi connectivity index (χ1) is 9.52. The van der Waals surface area contributed by atoms with Crippen molar-refractivity contribution < 1.29 is 19.4 Å². The van der Waals surface area contributed by atoms with Crippen molar-refractivity contribution in [3.05, 3.63) is 24.3 Å². The van der Waals surface area contributed by atoms with Gasteiger partial charge in [-0.1, -0.05) is 0 Å². The van der Waals surface area contributed by atoms with Crippen molar-refractivity contribution in [3.8, 4) is 5.75 Å². The Labute approximate surface area is 121 Å². The normalized spacial score (nSPS) is 11.7. The number of nitrogens with two attached hydrogens (primary N) is 1. The van der Waals surface area contributed by atoms with Crippen LogP contribution in [0.2, 0.25) is 0 Å². The number of thioether (sulfide) groups is 1. The molecule has 0 aliphatic carbocycles. The van der Waals surface area contributed by atoms with Crippen LogP contribution in [0.4, 0.5) is 5.69 Å². The van der Waals surface area contributed by atoms with Gasteiger partial charge in [-0.05, 0) is 36.4 Å². The highest BCUT2D eigenvalue weighted by Crippen LogP contribution is 2.15. The maximum Gasteiger partial charge on any atom is 0.320 e. The molecule has 6 nitrogen and oxygen atoms in total. The van der Waals surface area contributed by atoms with Crippen molar-refractivity contribution in [2.24, 2.45) is 5.73 Å². The average Bonchev–Trinajstić information content (AvgIpc) is 2.44. The van der Waals surface area contributed by atoms with Gasteiger partial charge in [-0.3, -0.25) is 9.59 Å². The summed E-state index contributed by atoms with van der Waals surface area (Å²) in [5.41, 5.74) is 6.05. The second-order valence-electron chi connectivity index (χ2n) is 4.06. The van der Waals surface area contributed by atoms with Crippen molar-refractivity contribution in [2.75, 3.05) is 23.9 Å². The first-order valence-electron chi connectivity index (χ1n) is 6.03. The minimum Gasteiger partial charge on any atom is -0.497 e. The van der Waals surface area contributed by atoms with Crippen LogP contribution in [0.25, 0.3) is 0 Å². The second-order valence-corrected chi connectivity index (χ2v) is 5.17. The lowest BCUT2D eigenvalue weighted by molar-refractivity contribution is -0.138. The molecule has 0 aliphatic rings. The van der Waals surface area contributed by atoms with Crippen molar-refractivity contribution in [1.29, 1.82) is 0 Å². The second kappa shape index (κ2) is 8.44. The Bertz CT molecular complexity index is 450. The fraction of sp³-hybridized carbons (Fsp3) is 0.385. The molecule has 110 valence electrons. The number of hydrogen-bond donors (Lipinski definition) is 3. The fourth-order valence-electron chi connectivity index (χ4n) is 1.37. The third-order valence-corrected chi connectivity index (χ3v) is 3.49. The van der Waals surface area contributed by atoms with E-state index in [2.05, 4.69) is 5.32 Å². The van der Waals surface area contributed by atoms with Crippen LogP contribution in [0.1, 0.15) is 6.42 Å². The summed E-state index contributed by atoms with van der Waals surface area (Å²) in [6, 6.07) is 6.15. The summed E-state index contributed by atoms with van der Waals surface area (Å²) in [5.74, 6) is 0.361. The molecule has 0 heterocycles. The summed E-state index contributed by atoms with van der Waals surface area (Å²) >= 11 is 1.35. The highest BCUT2D eigenvalue weighted by Gasteiger charge is 2.11. The molecule has 4 N–H and O–H groups in total. The van der Waals surface area contributed by atoms with Gasteiger partial charge in [0.15, 0.2) is 0 Å². The zero-order valence-electron chi connectivity index (χ0n) is 11.2. The van der Waals surface area contributed by atoms with Crippen LogP contribution in [0, 0.1) is 0 Å². The van der Waals surface area contributed by atoms with Crippen LogP contribution >= 0.6 is 11.8 Å². The number of carboxylic acids is 1. The summed E-state index contributed by atoms with van der Waals surface area (Å²) in [6.07, 6.45) is 0.343. The maximum absolute atomic E-state index is 11.6. The number of carboxylic acid groups (broad SMARTS) is 1. The molecule has 1 aromatic carbocycles. The lowest BCUT2D eigenvalue weighted by atomic mass is 10.2. The predicted molar refractivity (Wildman–Crippen MR) is 79.2 cm³/mol. The van der Waals surface area contributed by atoms with Crippen LogP contribution in [-0.4, -0.2) is 41.6 Å². The molecule has 0 radical (unpaired) electrons. The van der Waals surface area contributed by atoms with Gasteiger partial charge in [-0.15, -0.1) is 0 Å². The quantitative estimate of drug-likeness (QED) is 0.623. The van der Waals surface area contributed by atoms with Crippen LogP contribution in [0.5, 0.6) is 5.75 Å². The fourth-order valence-corrected chi connectivity index (χ4v) is 2.19. The minimum absolute atomic E-state index is 0.135. The Morgan fingerprint density at radius 2 is 2.05 bits per heavy atom. The predicted octanol–water partition coefficient (Wildman–Crippen LogP) is 1.17. The number of benzene rings is 1. The van der Waals surface area contributed by atoms with E-state index >= 15 is 0 Å². The molecule has 1 unspecified atom stereocenters. The van der Waals surface area contributed by atoms with E-state index in [1.54, 1.807) is 31.4 Å². The summed E-state index contributed by atoms with van der Waals surface area (Å²) in [4.78, 5) is 22.1. The number of hydrogen-bond acceptors (Lipinski definition) is 5. The van der Waals surface area contributed by atoms with E-state index in [1.165, 1.54) is 11.8 Å². The van der Waals surface area contributed by atoms with E-state index in [0.29, 0.717) is 17.9 Å². The molecule has 1 aromatic rings. The Hall–Kier alpha value is -1.73. The minimum atomic E-state index is -1.02. The van der Waals surface area contributed by atoms with Crippen molar-refractivity contribution in [1.82, 2.24) is 0 Å². The number of nitrogens with one attached hydrogen (secondary N) is 1. The summed E-state index contributed by atoms with van der Waals surface area (Å²) in [6.45, 7) is 0. The number of amides is 1. The maximum atomic E-state index is 11.6. The van der Waals surface area contributed by atoms with Gasteiger partial charge in [0.1, 0.15) is 11.8 Å². The third kappa shape index (κ3) is 5.94. The van der Waals surface area contributed by atoms with Crippen molar-refractivity contribution >= 4 is 29.3 Å². The molecular formula is C13H18N2O4S. The van der Waals surface area contributed by atoms with Crippen LogP contribution in [-0.2, 0) is 9.59 Å². The van der Waals surface area contributed by atoms with E-state index in [9.17, 15) is 9.59 Å². The number of methoxy groups -OCH3 is 1. The summed E-state index contributed by atoms with van der Waals surface area (Å²) in [7, 11) is 1.58. The van der Waals surface area contributed by atoms with Gasteiger partial charge in [-0.2, -0.15) is 11.8 Å². The number of aliphatic carboxylic acids is 1. The molecule has 1 atom stereocenters. The van der Waals surface area contributed by atoms with Gasteiger partial charge < -0.3 is 20.9 Å². The van der Waals surface area contributed by atoms with E-state index in [1.807, 2.05) is 0 Å². The Morgan fingerprint density at radius 1 is 1.40 bits per heavy atom. The SMILES string of the molecule is COc1ccc(NC(=O)CSCCC(N)C(=O)O)cc1. The molecule has 0 aliphatic heterocycles. The number of carbonyl (C=O) groups excluding carboxylic acids is 1. The summed E-state index contributed by atoms with van der Waals surface area (Å²) in [5, 5.41) is 11.3. The molecule has 1 rings (SSSR count). The van der Waals surface area contributed by atoms with E-state index < -0.39 is 12.0 Å². The van der Waals surface area contributed by atoms with Gasteiger partial charge in [0, 0.05) is 5.69 Å². The molecule has 20 heavy (non-hydrogen) atoms. The first-order valence-corrected chi connectivity index (χ1v) is 7.18. The monoisotopic (exact) mass is 298 g/mol. The highest BCUT2D eigenvalue weighted by atomic mass is 32.2.